The highest BCUT2D eigenvalue weighted by Gasteiger charge is 2.22. The topological polar surface area (TPSA) is 129 Å². The monoisotopic (exact) mass is 590 g/mol. The van der Waals surface area contributed by atoms with Crippen LogP contribution in [-0.4, -0.2) is 71.0 Å². The van der Waals surface area contributed by atoms with Crippen molar-refractivity contribution in [2.75, 3.05) is 57.3 Å². The van der Waals surface area contributed by atoms with Gasteiger partial charge in [0.05, 0.1) is 49.1 Å². The predicted molar refractivity (Wildman–Crippen MR) is 165 cm³/mol. The molecule has 1 aromatic heterocycles. The number of ether oxygens (including phenoxy) is 4. The molecule has 220 valence electrons. The van der Waals surface area contributed by atoms with E-state index in [-0.39, 0.29) is 0 Å². The highest BCUT2D eigenvalue weighted by atomic mass is 32.3. The second kappa shape index (κ2) is 13.2. The summed E-state index contributed by atoms with van der Waals surface area (Å²) in [6.45, 7) is 2.64. The summed E-state index contributed by atoms with van der Waals surface area (Å²) in [6.07, 6.45) is 2.32. The number of benzene rings is 3. The summed E-state index contributed by atoms with van der Waals surface area (Å²) in [5, 5.41) is 13.9. The molecule has 42 heavy (non-hydrogen) atoms. The van der Waals surface area contributed by atoms with Gasteiger partial charge in [-0.3, -0.25) is 14.1 Å². The van der Waals surface area contributed by atoms with Crippen molar-refractivity contribution >= 4 is 32.9 Å². The van der Waals surface area contributed by atoms with Gasteiger partial charge in [0.2, 0.25) is 0 Å². The van der Waals surface area contributed by atoms with E-state index in [1.54, 1.807) is 20.4 Å². The normalized spacial score (nSPS) is 15.4. The molecule has 5 rings (SSSR count). The first-order chi connectivity index (χ1) is 20.4. The Balaban J connectivity index is 1.29. The fourth-order valence-corrected chi connectivity index (χ4v) is 6.04. The Labute approximate surface area is 246 Å². The quantitative estimate of drug-likeness (QED) is 0.167. The van der Waals surface area contributed by atoms with Crippen LogP contribution in [0.5, 0.6) is 28.7 Å². The van der Waals surface area contributed by atoms with E-state index in [0.717, 1.165) is 24.0 Å². The van der Waals surface area contributed by atoms with Crippen molar-refractivity contribution in [2.24, 2.45) is 0 Å². The zero-order chi connectivity index (χ0) is 29.5. The van der Waals surface area contributed by atoms with Crippen molar-refractivity contribution in [1.29, 1.82) is 5.26 Å². The van der Waals surface area contributed by atoms with Crippen LogP contribution in [0.4, 0.5) is 11.4 Å². The van der Waals surface area contributed by atoms with Crippen LogP contribution in [0.25, 0.3) is 10.9 Å². The van der Waals surface area contributed by atoms with Gasteiger partial charge in [-0.25, -0.2) is 0 Å². The minimum Gasteiger partial charge on any atom is -0.493 e. The van der Waals surface area contributed by atoms with Crippen molar-refractivity contribution in [3.63, 3.8) is 0 Å². The number of rotatable bonds is 11. The number of nitriles is 1. The molecule has 0 atom stereocenters. The molecule has 11 heteroatoms. The molecule has 0 aliphatic carbocycles. The van der Waals surface area contributed by atoms with Gasteiger partial charge in [0, 0.05) is 43.0 Å². The van der Waals surface area contributed by atoms with Crippen LogP contribution in [0.15, 0.2) is 66.9 Å². The minimum absolute atomic E-state index is 0.394. The first-order valence-electron chi connectivity index (χ1n) is 13.6. The maximum atomic E-state index is 9.83. The highest BCUT2D eigenvalue weighted by Crippen LogP contribution is 2.40. The van der Waals surface area contributed by atoms with Gasteiger partial charge in [-0.1, -0.05) is 12.1 Å². The van der Waals surface area contributed by atoms with E-state index >= 15 is 0 Å². The highest BCUT2D eigenvalue weighted by molar-refractivity contribution is 8.24. The molecular formula is C31H34N4O6S. The predicted octanol–water partition coefficient (Wildman–Crippen LogP) is 6.49. The smallest absolute Gasteiger partial charge is 0.169 e. The maximum Gasteiger partial charge on any atom is 0.169 e. The summed E-state index contributed by atoms with van der Waals surface area (Å²) in [5.74, 6) is 3.87. The number of nitrogens with one attached hydrogen (secondary N) is 1. The Morgan fingerprint density at radius 3 is 2.36 bits per heavy atom. The van der Waals surface area contributed by atoms with Gasteiger partial charge in [0.15, 0.2) is 23.0 Å². The Morgan fingerprint density at radius 2 is 1.67 bits per heavy atom. The average Bonchev–Trinajstić information content (AvgIpc) is 3.01. The SMILES string of the molecule is COc1cc2c(Nc3ccc(Oc4ccccc4OC)cc3)c(C#N)cnc2cc1OCCCN1CCS(O)(O)CC1. The average molecular weight is 591 g/mol. The van der Waals surface area contributed by atoms with Gasteiger partial charge in [-0.2, -0.15) is 15.9 Å². The summed E-state index contributed by atoms with van der Waals surface area (Å²) in [4.78, 5) is 6.72. The van der Waals surface area contributed by atoms with E-state index in [1.165, 1.54) is 0 Å². The lowest BCUT2D eigenvalue weighted by Crippen LogP contribution is -2.39. The van der Waals surface area contributed by atoms with Crippen LogP contribution in [0, 0.1) is 11.3 Å². The number of pyridine rings is 1. The fourth-order valence-electron chi connectivity index (χ4n) is 4.73. The van der Waals surface area contributed by atoms with Gasteiger partial charge >= 0.3 is 0 Å². The summed E-state index contributed by atoms with van der Waals surface area (Å²) >= 11 is 0. The molecule has 0 spiro atoms. The summed E-state index contributed by atoms with van der Waals surface area (Å²) in [7, 11) is 0.783. The minimum atomic E-state index is -2.40. The lowest BCUT2D eigenvalue weighted by Gasteiger charge is -2.40. The number of anilines is 2. The van der Waals surface area contributed by atoms with E-state index < -0.39 is 10.6 Å². The van der Waals surface area contributed by atoms with Gasteiger partial charge in [0.25, 0.3) is 0 Å². The largest absolute Gasteiger partial charge is 0.493 e. The summed E-state index contributed by atoms with van der Waals surface area (Å²) < 4.78 is 42.7. The molecule has 10 nitrogen and oxygen atoms in total. The molecule has 0 bridgehead atoms. The number of para-hydroxylation sites is 2. The van der Waals surface area contributed by atoms with Gasteiger partial charge in [0.1, 0.15) is 11.8 Å². The summed E-state index contributed by atoms with van der Waals surface area (Å²) in [5.41, 5.74) is 2.43. The number of nitrogens with zero attached hydrogens (tertiary/aromatic N) is 3. The molecule has 2 heterocycles. The van der Waals surface area contributed by atoms with Crippen LogP contribution in [0.2, 0.25) is 0 Å². The Morgan fingerprint density at radius 1 is 0.952 bits per heavy atom. The molecule has 0 unspecified atom stereocenters. The van der Waals surface area contributed by atoms with Crippen molar-refractivity contribution in [1.82, 2.24) is 9.88 Å². The van der Waals surface area contributed by atoms with E-state index in [9.17, 15) is 14.4 Å². The Bertz CT molecular complexity index is 1560. The van der Waals surface area contributed by atoms with Crippen LogP contribution in [0.3, 0.4) is 0 Å². The first kappa shape index (κ1) is 29.3. The zero-order valence-electron chi connectivity index (χ0n) is 23.6. The van der Waals surface area contributed by atoms with Gasteiger partial charge in [-0.15, -0.1) is 0 Å². The van der Waals surface area contributed by atoms with E-state index in [1.807, 2.05) is 60.7 Å². The lowest BCUT2D eigenvalue weighted by molar-refractivity contribution is 0.236. The lowest BCUT2D eigenvalue weighted by atomic mass is 10.1. The van der Waals surface area contributed by atoms with Gasteiger partial charge < -0.3 is 29.2 Å². The maximum absolute atomic E-state index is 9.83. The van der Waals surface area contributed by atoms with Crippen LogP contribution >= 0.6 is 10.6 Å². The molecule has 1 fully saturated rings. The zero-order valence-corrected chi connectivity index (χ0v) is 24.4. The van der Waals surface area contributed by atoms with Crippen molar-refractivity contribution in [3.8, 4) is 34.8 Å². The van der Waals surface area contributed by atoms with Crippen LogP contribution in [-0.2, 0) is 0 Å². The summed E-state index contributed by atoms with van der Waals surface area (Å²) in [6, 6.07) is 20.7. The number of hydrogen-bond acceptors (Lipinski definition) is 10. The van der Waals surface area contributed by atoms with Crippen molar-refractivity contribution < 1.29 is 28.1 Å². The Kier molecular flexibility index (Phi) is 9.19. The molecule has 3 aromatic carbocycles. The third-order valence-electron chi connectivity index (χ3n) is 7.04. The molecule has 0 saturated carbocycles. The molecular weight excluding hydrogens is 556 g/mol. The number of aromatic nitrogens is 1. The molecule has 3 N–H and O–H groups in total. The molecule has 0 radical (unpaired) electrons. The van der Waals surface area contributed by atoms with E-state index in [2.05, 4.69) is 21.3 Å². The molecule has 1 saturated heterocycles. The fraction of sp³-hybridized carbons (Fsp3) is 0.290. The third kappa shape index (κ3) is 6.98. The van der Waals surface area contributed by atoms with Gasteiger partial charge in [-0.05, 0) is 48.9 Å². The van der Waals surface area contributed by atoms with Crippen molar-refractivity contribution in [3.05, 3.63) is 72.4 Å². The second-order valence-corrected chi connectivity index (χ2v) is 12.3. The number of hydrogen-bond donors (Lipinski definition) is 3. The number of fused-ring (bicyclic) bond motifs is 1. The molecule has 0 amide bonds. The van der Waals surface area contributed by atoms with E-state index in [4.69, 9.17) is 18.9 Å². The van der Waals surface area contributed by atoms with Crippen LogP contribution in [0.1, 0.15) is 12.0 Å². The van der Waals surface area contributed by atoms with E-state index in [0.29, 0.717) is 76.7 Å². The Hall–Kier alpha value is -4.21. The second-order valence-electron chi connectivity index (χ2n) is 9.84. The van der Waals surface area contributed by atoms with Crippen LogP contribution < -0.4 is 24.3 Å². The third-order valence-corrected chi connectivity index (χ3v) is 8.71. The standard InChI is InChI=1S/C31H34N4O6S/c1-38-27-6-3-4-7-28(27)41-24-10-8-23(9-11-24)34-31-22(20-32)21-33-26-19-30(29(39-2)18-25(26)31)40-15-5-12-35-13-16-42(36,37)17-14-35/h3-4,6-11,18-19,21,36-37H,5,12-17H2,1-2H3,(H,33,34). The first-order valence-corrected chi connectivity index (χ1v) is 15.4. The van der Waals surface area contributed by atoms with Crippen molar-refractivity contribution in [2.45, 2.75) is 6.42 Å². The molecule has 1 aliphatic heterocycles. The number of methoxy groups -OCH3 is 2. The molecule has 4 aromatic rings. The molecule has 1 aliphatic rings.